The van der Waals surface area contributed by atoms with Crippen LogP contribution >= 0.6 is 50.7 Å². The van der Waals surface area contributed by atoms with Gasteiger partial charge in [0.2, 0.25) is 0 Å². The van der Waals surface area contributed by atoms with E-state index in [9.17, 15) is 39.0 Å². The zero-order valence-corrected chi connectivity index (χ0v) is 57.8. The molecule has 1 unspecified atom stereocenters. The lowest BCUT2D eigenvalue weighted by Gasteiger charge is -2.34. The van der Waals surface area contributed by atoms with E-state index in [0.29, 0.717) is 47.2 Å². The molecule has 0 aromatic heterocycles. The topological polar surface area (TPSA) is 241 Å². The van der Waals surface area contributed by atoms with Gasteiger partial charge in [0.15, 0.2) is 0 Å². The molecule has 6 aliphatic heterocycles. The highest BCUT2D eigenvalue weighted by molar-refractivity contribution is 9.10. The summed E-state index contributed by atoms with van der Waals surface area (Å²) in [5.41, 5.74) is 9.07. The number of ether oxygens (including phenoxy) is 3. The summed E-state index contributed by atoms with van der Waals surface area (Å²) in [5.74, 6) is -0.875. The van der Waals surface area contributed by atoms with Crippen LogP contribution in [0.15, 0.2) is 132 Å². The summed E-state index contributed by atoms with van der Waals surface area (Å²) in [5, 5.41) is 45.3. The highest BCUT2D eigenvalue weighted by Gasteiger charge is 2.58. The number of hydrogen-bond acceptors (Lipinski definition) is 11. The fraction of sp³-hybridized carbons (Fsp3) is 0.440. The minimum absolute atomic E-state index is 0.0666. The molecule has 6 aromatic carbocycles. The van der Waals surface area contributed by atoms with Crippen LogP contribution in [-0.2, 0) is 28.6 Å². The number of rotatable bonds is 12. The van der Waals surface area contributed by atoms with Gasteiger partial charge in [0.05, 0.1) is 31.8 Å². The van der Waals surface area contributed by atoms with Crippen LogP contribution < -0.4 is 5.46 Å². The molecule has 6 atom stereocenters. The quantitative estimate of drug-likeness (QED) is 0.0716. The lowest BCUT2D eigenvalue weighted by molar-refractivity contribution is -0.143. The second-order valence-corrected chi connectivity index (χ2v) is 29.7. The maximum Gasteiger partial charge on any atom is 0.488 e. The Bertz CT molecular complexity index is 3710. The van der Waals surface area contributed by atoms with Gasteiger partial charge in [-0.05, 0) is 223 Å². The van der Waals surface area contributed by atoms with Gasteiger partial charge in [-0.15, -0.1) is 0 Å². The standard InChI is InChI=1S/2C25H26ClNO4.C18H22BrNO2.C7H6BClO4/c2*26-21-8-7-18(14-19(21)24(29)30)16-3-5-17(6-4-16)20-15-25(20)9-11-27(12-10-25)23(28)22-2-1-13-31-22;19-14-5-3-13(4-6-14)15-12-18(15)7-9-20(10-8-18)17(21)16-2-1-11-22-16;9-6-2-1-4(8(12)13)3-5(6)7(10)11/h2*3-8,14,20,22H,1-2,9-13,15H2,(H,29,30);3-6,15-16H,1-2,7-12H2;1-3,12-13H,(H,10,11)/t20-,22+;20-,22-;15?,16-;/m011./s1. The Kier molecular flexibility index (Phi) is 21.8. The number of carbonyl (C=O) groups excluding carboxylic acids is 3. The monoisotopic (exact) mass is 1440 g/mol. The van der Waals surface area contributed by atoms with E-state index < -0.39 is 25.0 Å². The highest BCUT2D eigenvalue weighted by atomic mass is 79.9. The second-order valence-electron chi connectivity index (χ2n) is 27.6. The summed E-state index contributed by atoms with van der Waals surface area (Å²) in [6.45, 7) is 7.30. The van der Waals surface area contributed by atoms with Crippen LogP contribution in [0, 0.1) is 16.2 Å². The molecule has 0 bridgehead atoms. The van der Waals surface area contributed by atoms with E-state index in [1.54, 1.807) is 24.3 Å². The van der Waals surface area contributed by atoms with Crippen LogP contribution in [0.5, 0.6) is 0 Å². The summed E-state index contributed by atoms with van der Waals surface area (Å²) in [6.07, 6.45) is 15.2. The first-order chi connectivity index (χ1) is 46.6. The molecule has 0 radical (unpaired) electrons. The normalized spacial score (nSPS) is 23.6. The van der Waals surface area contributed by atoms with Crippen LogP contribution in [0.3, 0.4) is 0 Å². The van der Waals surface area contributed by atoms with Crippen molar-refractivity contribution in [2.75, 3.05) is 59.1 Å². The van der Waals surface area contributed by atoms with E-state index in [1.165, 1.54) is 48.1 Å². The second kappa shape index (κ2) is 30.1. The predicted octanol–water partition coefficient (Wildman–Crippen LogP) is 13.4. The first-order valence-corrected chi connectivity index (χ1v) is 35.7. The van der Waals surface area contributed by atoms with Gasteiger partial charge in [0.1, 0.15) is 18.3 Å². The van der Waals surface area contributed by atoms with Crippen molar-refractivity contribution < 1.29 is 68.3 Å². The first-order valence-electron chi connectivity index (χ1n) is 33.8. The zero-order valence-electron chi connectivity index (χ0n) is 53.9. The van der Waals surface area contributed by atoms with Crippen molar-refractivity contribution in [3.63, 3.8) is 0 Å². The number of carbonyl (C=O) groups is 6. The Labute approximate surface area is 588 Å². The maximum absolute atomic E-state index is 12.6. The predicted molar refractivity (Wildman–Crippen MR) is 374 cm³/mol. The van der Waals surface area contributed by atoms with Gasteiger partial charge in [-0.2, -0.15) is 0 Å². The third-order valence-electron chi connectivity index (χ3n) is 21.9. The summed E-state index contributed by atoms with van der Waals surface area (Å²) in [6, 6.07) is 39.6. The van der Waals surface area contributed by atoms with E-state index in [-0.39, 0.29) is 73.3 Å². The molecule has 9 aliphatic rings. The van der Waals surface area contributed by atoms with Crippen molar-refractivity contribution in [1.29, 1.82) is 0 Å². The van der Waals surface area contributed by atoms with Crippen LogP contribution in [0.4, 0.5) is 0 Å². The van der Waals surface area contributed by atoms with Gasteiger partial charge in [0.25, 0.3) is 17.7 Å². The Morgan fingerprint density at radius 2 is 0.701 bits per heavy atom. The van der Waals surface area contributed by atoms with Crippen molar-refractivity contribution in [2.24, 2.45) is 16.2 Å². The molecule has 17 nitrogen and oxygen atoms in total. The number of likely N-dealkylation sites (tertiary alicyclic amines) is 3. The molecule has 6 heterocycles. The maximum atomic E-state index is 12.6. The Morgan fingerprint density at radius 1 is 0.412 bits per heavy atom. The molecule has 5 N–H and O–H groups in total. The van der Waals surface area contributed by atoms with Gasteiger partial charge >= 0.3 is 25.0 Å². The number of piperidine rings is 3. The van der Waals surface area contributed by atoms with Crippen molar-refractivity contribution >= 4 is 98.9 Å². The third-order valence-corrected chi connectivity index (χ3v) is 23.4. The first kappa shape index (κ1) is 70.2. The molecule has 3 saturated carbocycles. The van der Waals surface area contributed by atoms with Gasteiger partial charge in [-0.3, -0.25) is 14.4 Å². The van der Waals surface area contributed by atoms with Gasteiger partial charge in [-0.1, -0.05) is 130 Å². The van der Waals surface area contributed by atoms with E-state index in [1.807, 2.05) is 26.8 Å². The third kappa shape index (κ3) is 16.0. The van der Waals surface area contributed by atoms with Gasteiger partial charge in [-0.25, -0.2) is 14.4 Å². The average molecular weight is 1440 g/mol. The SMILES string of the molecule is O=C(O)c1cc(-c2ccc([C@@H]3CC34CCN(C(=O)[C@H]3CCCO3)CC4)cc2)ccc1Cl.O=C(O)c1cc(-c2ccc([C@H]3CC34CCN(C(=O)[C@H]3CCCO3)CC4)cc2)ccc1Cl.O=C(O)c1cc(B(O)O)ccc1Cl.O=C([C@H]1CCCO1)N1CCC2(CC1)CC2c1ccc(Br)cc1. The Morgan fingerprint density at radius 3 is 0.990 bits per heavy atom. The van der Waals surface area contributed by atoms with Crippen LogP contribution in [-0.4, -0.2) is 160 Å². The summed E-state index contributed by atoms with van der Waals surface area (Å²) in [4.78, 5) is 76.9. The summed E-state index contributed by atoms with van der Waals surface area (Å²) < 4.78 is 17.8. The van der Waals surface area contributed by atoms with Gasteiger partial charge < -0.3 is 54.3 Å². The lowest BCUT2D eigenvalue weighted by Crippen LogP contribution is -2.44. The minimum Gasteiger partial charge on any atom is -0.478 e. The van der Waals surface area contributed by atoms with E-state index >= 15 is 0 Å². The number of aromatic carboxylic acids is 3. The number of amides is 3. The van der Waals surface area contributed by atoms with E-state index in [0.717, 1.165) is 156 Å². The molecule has 9 fully saturated rings. The fourth-order valence-electron chi connectivity index (χ4n) is 15.7. The summed E-state index contributed by atoms with van der Waals surface area (Å²) in [7, 11) is -1.68. The van der Waals surface area contributed by atoms with Crippen molar-refractivity contribution in [3.8, 4) is 22.3 Å². The van der Waals surface area contributed by atoms with Crippen molar-refractivity contribution in [1.82, 2.24) is 14.7 Å². The summed E-state index contributed by atoms with van der Waals surface area (Å²) >= 11 is 21.0. The molecule has 3 amide bonds. The fourth-order valence-corrected chi connectivity index (χ4v) is 16.5. The highest BCUT2D eigenvalue weighted by Crippen LogP contribution is 2.67. The number of nitrogens with zero attached hydrogens (tertiary/aromatic N) is 3. The Hall–Kier alpha value is -6.65. The Balaban J connectivity index is 0.000000129. The molecule has 6 aromatic rings. The smallest absolute Gasteiger partial charge is 0.478 e. The van der Waals surface area contributed by atoms with Crippen LogP contribution in [0.2, 0.25) is 15.1 Å². The van der Waals surface area contributed by atoms with Gasteiger partial charge in [0, 0.05) is 63.6 Å². The molecule has 6 saturated heterocycles. The minimum atomic E-state index is -1.68. The lowest BCUT2D eigenvalue weighted by atomic mass is 9.79. The molecule has 510 valence electrons. The number of carboxylic acids is 3. The molecular weight excluding hydrogens is 1360 g/mol. The molecule has 15 rings (SSSR count). The molecular formula is C75H80BBrCl3N3O14. The number of carboxylic acid groups (broad SMARTS) is 3. The molecule has 97 heavy (non-hydrogen) atoms. The average Bonchev–Trinajstić information content (AvgIpc) is 1.59. The molecule has 22 heteroatoms. The van der Waals surface area contributed by atoms with E-state index in [2.05, 4.69) is 88.7 Å². The molecule has 3 spiro atoms. The number of hydrogen-bond donors (Lipinski definition) is 5. The van der Waals surface area contributed by atoms with E-state index in [4.69, 9.17) is 64.2 Å². The number of benzene rings is 6. The van der Waals surface area contributed by atoms with Crippen molar-refractivity contribution in [2.45, 2.75) is 132 Å². The van der Waals surface area contributed by atoms with Crippen molar-refractivity contribution in [3.05, 3.63) is 180 Å². The largest absolute Gasteiger partial charge is 0.488 e. The molecule has 3 aliphatic carbocycles. The number of halogens is 4. The zero-order chi connectivity index (χ0) is 68.3. The van der Waals surface area contributed by atoms with Crippen LogP contribution in [0.1, 0.15) is 162 Å². The van der Waals surface area contributed by atoms with Crippen LogP contribution in [0.25, 0.3) is 22.3 Å².